The zero-order valence-corrected chi connectivity index (χ0v) is 7.02. The molecule has 5 heteroatoms. The molecule has 2 N–H and O–H groups in total. The van der Waals surface area contributed by atoms with E-state index in [1.165, 1.54) is 6.92 Å². The average Bonchev–Trinajstić information content (AvgIpc) is 2.08. The van der Waals surface area contributed by atoms with Crippen LogP contribution >= 0.6 is 0 Å². The van der Waals surface area contributed by atoms with Gasteiger partial charge in [-0.3, -0.25) is 0 Å². The lowest BCUT2D eigenvalue weighted by Gasteiger charge is -2.09. The van der Waals surface area contributed by atoms with Crippen molar-refractivity contribution in [1.82, 2.24) is 4.98 Å². The number of pyridine rings is 1. The van der Waals surface area contributed by atoms with Crippen molar-refractivity contribution in [2.24, 2.45) is 5.73 Å². The van der Waals surface area contributed by atoms with E-state index in [9.17, 15) is 13.2 Å². The molecule has 0 saturated carbocycles. The molecule has 1 aromatic rings. The molecule has 0 radical (unpaired) electrons. The summed E-state index contributed by atoms with van der Waals surface area (Å²) in [7, 11) is 0. The zero-order chi connectivity index (χ0) is 10.0. The van der Waals surface area contributed by atoms with E-state index < -0.39 is 12.4 Å². The molecule has 0 spiro atoms. The molecule has 0 fully saturated rings. The predicted octanol–water partition coefficient (Wildman–Crippen LogP) is 1.93. The highest BCUT2D eigenvalue weighted by molar-refractivity contribution is 5.32. The van der Waals surface area contributed by atoms with E-state index in [2.05, 4.69) is 4.98 Å². The van der Waals surface area contributed by atoms with Gasteiger partial charge in [0.1, 0.15) is 0 Å². The molecule has 0 aromatic carbocycles. The largest absolute Gasteiger partial charge is 0.326 e. The summed E-state index contributed by atoms with van der Waals surface area (Å²) >= 11 is 0. The Kier molecular flexibility index (Phi) is 2.87. The minimum atomic E-state index is -2.71. The van der Waals surface area contributed by atoms with Gasteiger partial charge in [-0.05, 0) is 12.5 Å². The van der Waals surface area contributed by atoms with Crippen molar-refractivity contribution < 1.29 is 13.2 Å². The van der Waals surface area contributed by atoms with Crippen molar-refractivity contribution in [3.8, 4) is 0 Å². The van der Waals surface area contributed by atoms with E-state index in [1.807, 2.05) is 0 Å². The van der Waals surface area contributed by atoms with Crippen LogP contribution < -0.4 is 5.73 Å². The molecule has 0 aliphatic rings. The summed E-state index contributed by atoms with van der Waals surface area (Å²) in [4.78, 5) is 3.31. The fourth-order valence-electron chi connectivity index (χ4n) is 1.12. The van der Waals surface area contributed by atoms with Crippen LogP contribution in [0, 0.1) is 12.9 Å². The van der Waals surface area contributed by atoms with Crippen molar-refractivity contribution in [3.05, 3.63) is 28.8 Å². The first kappa shape index (κ1) is 9.98. The molecule has 0 unspecified atom stereocenters. The highest BCUT2D eigenvalue weighted by Crippen LogP contribution is 2.26. The second-order valence-electron chi connectivity index (χ2n) is 2.62. The molecule has 0 atom stereocenters. The Morgan fingerprint density at radius 2 is 2.15 bits per heavy atom. The quantitative estimate of drug-likeness (QED) is 0.723. The lowest BCUT2D eigenvalue weighted by molar-refractivity contribution is 0.148. The second-order valence-corrected chi connectivity index (χ2v) is 2.62. The molecular weight excluding hydrogens is 181 g/mol. The minimum Gasteiger partial charge on any atom is -0.326 e. The van der Waals surface area contributed by atoms with Crippen LogP contribution in [0.5, 0.6) is 0 Å². The number of hydrogen-bond acceptors (Lipinski definition) is 2. The van der Waals surface area contributed by atoms with E-state index in [0.717, 1.165) is 6.20 Å². The van der Waals surface area contributed by atoms with E-state index in [0.29, 0.717) is 0 Å². The molecule has 0 saturated heterocycles. The SMILES string of the molecule is Cc1c(F)ncc(CN)c1C(F)F. The molecule has 0 bridgehead atoms. The van der Waals surface area contributed by atoms with Gasteiger partial charge in [0, 0.05) is 23.9 Å². The van der Waals surface area contributed by atoms with Crippen molar-refractivity contribution in [1.29, 1.82) is 0 Å². The Balaban J connectivity index is 3.32. The first-order valence-corrected chi connectivity index (χ1v) is 3.70. The average molecular weight is 190 g/mol. The Bertz CT molecular complexity index is 313. The smallest absolute Gasteiger partial charge is 0.264 e. The van der Waals surface area contributed by atoms with E-state index in [-0.39, 0.29) is 23.2 Å². The first-order chi connectivity index (χ1) is 6.07. The molecular formula is C8H9F3N2. The van der Waals surface area contributed by atoms with Crippen LogP contribution in [0.1, 0.15) is 23.1 Å². The molecule has 1 rings (SSSR count). The van der Waals surface area contributed by atoms with Crippen LogP contribution in [-0.2, 0) is 6.54 Å². The van der Waals surface area contributed by atoms with Gasteiger partial charge in [-0.1, -0.05) is 0 Å². The molecule has 2 nitrogen and oxygen atoms in total. The fourth-order valence-corrected chi connectivity index (χ4v) is 1.12. The number of halogens is 3. The van der Waals surface area contributed by atoms with E-state index >= 15 is 0 Å². The molecule has 0 aliphatic heterocycles. The monoisotopic (exact) mass is 190 g/mol. The van der Waals surface area contributed by atoms with Crippen molar-refractivity contribution in [3.63, 3.8) is 0 Å². The number of hydrogen-bond donors (Lipinski definition) is 1. The second kappa shape index (κ2) is 3.74. The van der Waals surface area contributed by atoms with Crippen molar-refractivity contribution in [2.75, 3.05) is 0 Å². The maximum Gasteiger partial charge on any atom is 0.264 e. The van der Waals surface area contributed by atoms with Crippen LogP contribution in [0.15, 0.2) is 6.20 Å². The van der Waals surface area contributed by atoms with Crippen molar-refractivity contribution >= 4 is 0 Å². The molecule has 72 valence electrons. The Morgan fingerprint density at radius 3 is 2.62 bits per heavy atom. The van der Waals surface area contributed by atoms with Crippen LogP contribution in [0.25, 0.3) is 0 Å². The van der Waals surface area contributed by atoms with Gasteiger partial charge in [0.05, 0.1) is 0 Å². The third-order valence-electron chi connectivity index (χ3n) is 1.83. The lowest BCUT2D eigenvalue weighted by Crippen LogP contribution is -2.07. The van der Waals surface area contributed by atoms with Crippen LogP contribution in [0.2, 0.25) is 0 Å². The fraction of sp³-hybridized carbons (Fsp3) is 0.375. The number of aromatic nitrogens is 1. The normalized spacial score (nSPS) is 10.9. The topological polar surface area (TPSA) is 38.9 Å². The standard InChI is InChI=1S/C8H9F3N2/c1-4-6(7(9)10)5(2-12)3-13-8(4)11/h3,7H,2,12H2,1H3. The van der Waals surface area contributed by atoms with Crippen LogP contribution in [0.3, 0.4) is 0 Å². The van der Waals surface area contributed by atoms with Gasteiger partial charge in [0.2, 0.25) is 5.95 Å². The minimum absolute atomic E-state index is 0.0617. The third-order valence-corrected chi connectivity index (χ3v) is 1.83. The van der Waals surface area contributed by atoms with Crippen LogP contribution in [-0.4, -0.2) is 4.98 Å². The molecule has 1 heterocycles. The summed E-state index contributed by atoms with van der Waals surface area (Å²) in [6.07, 6.45) is -1.67. The lowest BCUT2D eigenvalue weighted by atomic mass is 10.1. The number of nitrogens with zero attached hydrogens (tertiary/aromatic N) is 1. The Labute approximate surface area is 73.6 Å². The van der Waals surface area contributed by atoms with Gasteiger partial charge >= 0.3 is 0 Å². The van der Waals surface area contributed by atoms with Gasteiger partial charge in [-0.2, -0.15) is 4.39 Å². The van der Waals surface area contributed by atoms with Crippen LogP contribution in [0.4, 0.5) is 13.2 Å². The highest BCUT2D eigenvalue weighted by Gasteiger charge is 2.18. The maximum absolute atomic E-state index is 12.8. The summed E-state index contributed by atoms with van der Waals surface area (Å²) in [5, 5.41) is 0. The van der Waals surface area contributed by atoms with Gasteiger partial charge in [-0.25, -0.2) is 13.8 Å². The maximum atomic E-state index is 12.8. The van der Waals surface area contributed by atoms with E-state index in [4.69, 9.17) is 5.73 Å². The predicted molar refractivity (Wildman–Crippen MR) is 41.8 cm³/mol. The summed E-state index contributed by atoms with van der Waals surface area (Å²) in [6, 6.07) is 0. The number of rotatable bonds is 2. The summed E-state index contributed by atoms with van der Waals surface area (Å²) in [5.41, 5.74) is 4.94. The summed E-state index contributed by atoms with van der Waals surface area (Å²) in [5.74, 6) is -0.868. The number of alkyl halides is 2. The zero-order valence-electron chi connectivity index (χ0n) is 7.02. The highest BCUT2D eigenvalue weighted by atomic mass is 19.3. The molecule has 13 heavy (non-hydrogen) atoms. The van der Waals surface area contributed by atoms with Gasteiger partial charge in [-0.15, -0.1) is 0 Å². The Hall–Kier alpha value is -1.10. The van der Waals surface area contributed by atoms with E-state index in [1.54, 1.807) is 0 Å². The van der Waals surface area contributed by atoms with Gasteiger partial charge in [0.15, 0.2) is 0 Å². The number of nitrogens with two attached hydrogens (primary N) is 1. The molecule has 1 aromatic heterocycles. The summed E-state index contributed by atoms with van der Waals surface area (Å²) in [6.45, 7) is 1.21. The van der Waals surface area contributed by atoms with Gasteiger partial charge in [0.25, 0.3) is 6.43 Å². The third kappa shape index (κ3) is 1.80. The molecule has 0 amide bonds. The Morgan fingerprint density at radius 1 is 1.54 bits per heavy atom. The van der Waals surface area contributed by atoms with Gasteiger partial charge < -0.3 is 5.73 Å². The molecule has 0 aliphatic carbocycles. The van der Waals surface area contributed by atoms with Crippen molar-refractivity contribution in [2.45, 2.75) is 19.9 Å². The summed E-state index contributed by atoms with van der Waals surface area (Å²) < 4.78 is 37.6. The first-order valence-electron chi connectivity index (χ1n) is 3.70.